The molecule has 1 atom stereocenters. The minimum absolute atomic E-state index is 0.104. The van der Waals surface area contributed by atoms with E-state index >= 15 is 0 Å². The van der Waals surface area contributed by atoms with Crippen LogP contribution in [0.25, 0.3) is 0 Å². The number of carbonyl (C=O) groups is 2. The van der Waals surface area contributed by atoms with Gasteiger partial charge in [-0.3, -0.25) is 9.69 Å². The van der Waals surface area contributed by atoms with E-state index in [2.05, 4.69) is 4.99 Å². The highest BCUT2D eigenvalue weighted by molar-refractivity contribution is 8.14. The van der Waals surface area contributed by atoms with Gasteiger partial charge >= 0.3 is 5.97 Å². The summed E-state index contributed by atoms with van der Waals surface area (Å²) in [6.07, 6.45) is 0.358. The molecular formula is C18H18Cl2N2O4S. The van der Waals surface area contributed by atoms with Gasteiger partial charge in [-0.15, -0.1) is 0 Å². The summed E-state index contributed by atoms with van der Waals surface area (Å²) >= 11 is 13.9. The summed E-state index contributed by atoms with van der Waals surface area (Å²) in [7, 11) is 1.52. The summed E-state index contributed by atoms with van der Waals surface area (Å²) in [5, 5.41) is 1.40. The summed E-state index contributed by atoms with van der Waals surface area (Å²) < 4.78 is 10.2. The summed E-state index contributed by atoms with van der Waals surface area (Å²) in [6.45, 7) is 2.11. The Balaban J connectivity index is 2.09. The Morgan fingerprint density at radius 2 is 2.15 bits per heavy atom. The molecule has 0 aromatic heterocycles. The van der Waals surface area contributed by atoms with Crippen LogP contribution in [0.4, 0.5) is 0 Å². The van der Waals surface area contributed by atoms with Gasteiger partial charge in [0.15, 0.2) is 5.17 Å². The molecule has 6 nitrogen and oxygen atoms in total. The maximum absolute atomic E-state index is 12.8. The zero-order valence-corrected chi connectivity index (χ0v) is 17.2. The van der Waals surface area contributed by atoms with Gasteiger partial charge in [0.25, 0.3) is 0 Å². The number of hydrogen-bond acceptors (Lipinski definition) is 6. The second-order valence-electron chi connectivity index (χ2n) is 5.95. The van der Waals surface area contributed by atoms with Crippen molar-refractivity contribution in [2.24, 2.45) is 4.99 Å². The van der Waals surface area contributed by atoms with E-state index in [-0.39, 0.29) is 24.7 Å². The Morgan fingerprint density at radius 3 is 2.85 bits per heavy atom. The van der Waals surface area contributed by atoms with Crippen LogP contribution in [0.5, 0.6) is 0 Å². The van der Waals surface area contributed by atoms with Crippen molar-refractivity contribution in [2.75, 3.05) is 26.1 Å². The number of amides is 1. The lowest BCUT2D eigenvalue weighted by Crippen LogP contribution is -2.46. The molecule has 0 spiro atoms. The van der Waals surface area contributed by atoms with E-state index in [1.54, 1.807) is 25.1 Å². The molecule has 2 aliphatic rings. The van der Waals surface area contributed by atoms with Crippen molar-refractivity contribution in [3.8, 4) is 0 Å². The number of fused-ring (bicyclic) bond motifs is 1. The van der Waals surface area contributed by atoms with Gasteiger partial charge in [-0.1, -0.05) is 41.0 Å². The van der Waals surface area contributed by atoms with Crippen LogP contribution in [0, 0.1) is 0 Å². The Bertz CT molecular complexity index is 841. The van der Waals surface area contributed by atoms with Crippen molar-refractivity contribution in [3.63, 3.8) is 0 Å². The van der Waals surface area contributed by atoms with Crippen LogP contribution in [-0.4, -0.2) is 48.0 Å². The molecule has 0 N–H and O–H groups in total. The van der Waals surface area contributed by atoms with Crippen molar-refractivity contribution >= 4 is 52.0 Å². The Labute approximate surface area is 171 Å². The predicted octanol–water partition coefficient (Wildman–Crippen LogP) is 3.83. The average Bonchev–Trinajstić information content (AvgIpc) is 2.61. The molecule has 1 fully saturated rings. The van der Waals surface area contributed by atoms with Crippen LogP contribution in [0.15, 0.2) is 34.5 Å². The molecule has 144 valence electrons. The minimum atomic E-state index is -0.711. The SMILES string of the molecule is COCCOC(=O)C1=C(C)N=C2SCCC(=O)N2[C@@H]1c1ccc(Cl)cc1Cl. The number of halogens is 2. The number of carbonyl (C=O) groups excluding carboxylic acids is 2. The van der Waals surface area contributed by atoms with E-state index in [0.29, 0.717) is 38.6 Å². The monoisotopic (exact) mass is 428 g/mol. The number of amidine groups is 1. The van der Waals surface area contributed by atoms with Crippen LogP contribution in [-0.2, 0) is 19.1 Å². The molecule has 0 radical (unpaired) electrons. The number of thioether (sulfide) groups is 1. The fourth-order valence-corrected chi connectivity index (χ4v) is 4.49. The molecule has 0 saturated carbocycles. The van der Waals surface area contributed by atoms with Crippen molar-refractivity contribution in [2.45, 2.75) is 19.4 Å². The number of allylic oxidation sites excluding steroid dienone is 1. The summed E-state index contributed by atoms with van der Waals surface area (Å²) in [4.78, 5) is 31.5. The van der Waals surface area contributed by atoms with Gasteiger partial charge < -0.3 is 9.47 Å². The highest BCUT2D eigenvalue weighted by Crippen LogP contribution is 2.42. The van der Waals surface area contributed by atoms with Crippen molar-refractivity contribution in [1.82, 2.24) is 4.90 Å². The van der Waals surface area contributed by atoms with Gasteiger partial charge in [0.2, 0.25) is 5.91 Å². The second kappa shape index (κ2) is 8.65. The van der Waals surface area contributed by atoms with Gasteiger partial charge in [0.1, 0.15) is 6.61 Å². The molecule has 0 aliphatic carbocycles. The molecule has 9 heteroatoms. The molecule has 1 aromatic rings. The topological polar surface area (TPSA) is 68.2 Å². The maximum atomic E-state index is 12.8. The van der Waals surface area contributed by atoms with E-state index in [1.165, 1.54) is 23.8 Å². The molecule has 0 bridgehead atoms. The third-order valence-corrected chi connectivity index (χ3v) is 5.72. The van der Waals surface area contributed by atoms with E-state index in [1.807, 2.05) is 0 Å². The molecule has 27 heavy (non-hydrogen) atoms. The van der Waals surface area contributed by atoms with Crippen LogP contribution >= 0.6 is 35.0 Å². The lowest BCUT2D eigenvalue weighted by Gasteiger charge is -2.39. The summed E-state index contributed by atoms with van der Waals surface area (Å²) in [5.41, 5.74) is 1.39. The van der Waals surface area contributed by atoms with Crippen LogP contribution < -0.4 is 0 Å². The predicted molar refractivity (Wildman–Crippen MR) is 106 cm³/mol. The van der Waals surface area contributed by atoms with Crippen LogP contribution in [0.1, 0.15) is 24.9 Å². The van der Waals surface area contributed by atoms with E-state index in [9.17, 15) is 9.59 Å². The highest BCUT2D eigenvalue weighted by atomic mass is 35.5. The molecule has 2 heterocycles. The molecule has 1 amide bonds. The molecule has 1 aromatic carbocycles. The Hall–Kier alpha value is -1.54. The van der Waals surface area contributed by atoms with Crippen molar-refractivity contribution in [3.05, 3.63) is 45.1 Å². The minimum Gasteiger partial charge on any atom is -0.460 e. The first-order valence-corrected chi connectivity index (χ1v) is 10.0. The quantitative estimate of drug-likeness (QED) is 0.526. The number of hydrogen-bond donors (Lipinski definition) is 0. The normalized spacial score (nSPS) is 19.7. The first kappa shape index (κ1) is 20.2. The van der Waals surface area contributed by atoms with Gasteiger partial charge in [0, 0.05) is 29.3 Å². The van der Waals surface area contributed by atoms with Crippen LogP contribution in [0.3, 0.4) is 0 Å². The van der Waals surface area contributed by atoms with Gasteiger partial charge in [-0.05, 0) is 24.6 Å². The zero-order chi connectivity index (χ0) is 19.6. The number of benzene rings is 1. The van der Waals surface area contributed by atoms with Gasteiger partial charge in [0.05, 0.1) is 23.9 Å². The number of methoxy groups -OCH3 is 1. The van der Waals surface area contributed by atoms with E-state index in [4.69, 9.17) is 32.7 Å². The van der Waals surface area contributed by atoms with Crippen molar-refractivity contribution < 1.29 is 19.1 Å². The van der Waals surface area contributed by atoms with Gasteiger partial charge in [-0.25, -0.2) is 9.79 Å². The average molecular weight is 429 g/mol. The number of esters is 1. The second-order valence-corrected chi connectivity index (χ2v) is 7.86. The third kappa shape index (κ3) is 4.16. The molecule has 0 unspecified atom stereocenters. The number of rotatable bonds is 5. The largest absolute Gasteiger partial charge is 0.460 e. The van der Waals surface area contributed by atoms with Crippen LogP contribution in [0.2, 0.25) is 10.0 Å². The highest BCUT2D eigenvalue weighted by Gasteiger charge is 2.42. The van der Waals surface area contributed by atoms with Crippen molar-refractivity contribution in [1.29, 1.82) is 0 Å². The Kier molecular flexibility index (Phi) is 6.47. The molecule has 3 rings (SSSR count). The fraction of sp³-hybridized carbons (Fsp3) is 0.389. The zero-order valence-electron chi connectivity index (χ0n) is 14.8. The molecule has 2 aliphatic heterocycles. The summed E-state index contributed by atoms with van der Waals surface area (Å²) in [6, 6.07) is 4.28. The maximum Gasteiger partial charge on any atom is 0.338 e. The fourth-order valence-electron chi connectivity index (χ4n) is 2.97. The number of aliphatic imine (C=N–C) groups is 1. The first-order valence-electron chi connectivity index (χ1n) is 8.29. The first-order chi connectivity index (χ1) is 12.9. The Morgan fingerprint density at radius 1 is 1.37 bits per heavy atom. The van der Waals surface area contributed by atoms with E-state index < -0.39 is 12.0 Å². The third-order valence-electron chi connectivity index (χ3n) is 4.20. The smallest absolute Gasteiger partial charge is 0.338 e. The number of ether oxygens (including phenoxy) is 2. The van der Waals surface area contributed by atoms with Gasteiger partial charge in [-0.2, -0.15) is 0 Å². The molecular weight excluding hydrogens is 411 g/mol. The lowest BCUT2D eigenvalue weighted by atomic mass is 9.94. The lowest BCUT2D eigenvalue weighted by molar-refractivity contribution is -0.141. The summed E-state index contributed by atoms with van der Waals surface area (Å²) in [5.74, 6) is -0.0131. The standard InChI is InChI=1S/C18H18Cl2N2O4S/c1-10-15(17(24)26-7-6-25-2)16(12-4-3-11(19)9-13(12)20)22-14(23)5-8-27-18(22)21-10/h3-4,9,16H,5-8H2,1-2H3/t16-/m1/s1. The van der Waals surface area contributed by atoms with E-state index in [0.717, 1.165) is 0 Å². The molecule has 1 saturated heterocycles. The number of nitrogens with zero attached hydrogens (tertiary/aromatic N) is 2.